The van der Waals surface area contributed by atoms with E-state index in [9.17, 15) is 9.59 Å². The monoisotopic (exact) mass is 337 g/mol. The van der Waals surface area contributed by atoms with Gasteiger partial charge in [0.1, 0.15) is 0 Å². The lowest BCUT2D eigenvalue weighted by molar-refractivity contribution is -0.117. The van der Waals surface area contributed by atoms with Gasteiger partial charge in [-0.25, -0.2) is 0 Å². The van der Waals surface area contributed by atoms with E-state index in [1.54, 1.807) is 18.2 Å². The van der Waals surface area contributed by atoms with Crippen molar-refractivity contribution in [1.82, 2.24) is 4.90 Å². The number of rotatable bonds is 5. The van der Waals surface area contributed by atoms with Gasteiger partial charge in [-0.2, -0.15) is 0 Å². The summed E-state index contributed by atoms with van der Waals surface area (Å²) in [4.78, 5) is 27.0. The number of likely N-dealkylation sites (tertiary alicyclic amines) is 1. The van der Waals surface area contributed by atoms with E-state index in [4.69, 9.17) is 0 Å². The molecule has 5 nitrogen and oxygen atoms in total. The lowest BCUT2D eigenvalue weighted by Crippen LogP contribution is -2.31. The van der Waals surface area contributed by atoms with E-state index in [1.807, 2.05) is 37.3 Å². The summed E-state index contributed by atoms with van der Waals surface area (Å²) in [6, 6.07) is 14.7. The molecule has 2 aromatic rings. The van der Waals surface area contributed by atoms with Crippen molar-refractivity contribution in [3.05, 3.63) is 59.7 Å². The SMILES string of the molecule is Cc1cccc(NC(=O)c2ccccc2NC(=O)CN2CCCC2)c1. The number of hydrogen-bond donors (Lipinski definition) is 2. The molecule has 1 aliphatic rings. The normalized spacial score (nSPS) is 14.3. The second-order valence-corrected chi connectivity index (χ2v) is 6.40. The van der Waals surface area contributed by atoms with Gasteiger partial charge in [0.25, 0.3) is 5.91 Å². The molecular formula is C20H23N3O2. The van der Waals surface area contributed by atoms with Gasteiger partial charge in [0, 0.05) is 5.69 Å². The molecule has 25 heavy (non-hydrogen) atoms. The molecule has 2 amide bonds. The van der Waals surface area contributed by atoms with Crippen molar-refractivity contribution in [3.8, 4) is 0 Å². The molecule has 130 valence electrons. The van der Waals surface area contributed by atoms with Gasteiger partial charge in [-0.15, -0.1) is 0 Å². The number of nitrogens with zero attached hydrogens (tertiary/aromatic N) is 1. The molecule has 0 saturated carbocycles. The van der Waals surface area contributed by atoms with Gasteiger partial charge in [-0.3, -0.25) is 14.5 Å². The largest absolute Gasteiger partial charge is 0.324 e. The highest BCUT2D eigenvalue weighted by atomic mass is 16.2. The summed E-state index contributed by atoms with van der Waals surface area (Å²) >= 11 is 0. The molecule has 5 heteroatoms. The predicted molar refractivity (Wildman–Crippen MR) is 99.9 cm³/mol. The van der Waals surface area contributed by atoms with E-state index in [2.05, 4.69) is 15.5 Å². The van der Waals surface area contributed by atoms with Gasteiger partial charge in [-0.1, -0.05) is 24.3 Å². The zero-order valence-electron chi connectivity index (χ0n) is 14.4. The summed E-state index contributed by atoms with van der Waals surface area (Å²) in [6.45, 7) is 4.27. The van der Waals surface area contributed by atoms with Crippen molar-refractivity contribution in [2.75, 3.05) is 30.3 Å². The Labute approximate surface area is 148 Å². The van der Waals surface area contributed by atoms with Crippen LogP contribution in [-0.4, -0.2) is 36.3 Å². The minimum atomic E-state index is -0.234. The molecule has 3 rings (SSSR count). The van der Waals surface area contributed by atoms with Gasteiger partial charge in [0.05, 0.1) is 17.8 Å². The number of hydrogen-bond acceptors (Lipinski definition) is 3. The first-order valence-corrected chi connectivity index (χ1v) is 8.61. The van der Waals surface area contributed by atoms with Gasteiger partial charge in [0.15, 0.2) is 0 Å². The Morgan fingerprint density at radius 3 is 2.52 bits per heavy atom. The molecule has 0 radical (unpaired) electrons. The molecule has 1 heterocycles. The van der Waals surface area contributed by atoms with Gasteiger partial charge in [-0.05, 0) is 62.7 Å². The first-order valence-electron chi connectivity index (χ1n) is 8.61. The maximum atomic E-state index is 12.6. The van der Waals surface area contributed by atoms with Crippen LogP contribution in [0.3, 0.4) is 0 Å². The number of nitrogens with one attached hydrogen (secondary N) is 2. The molecule has 0 spiro atoms. The number of anilines is 2. The Morgan fingerprint density at radius 1 is 1.00 bits per heavy atom. The van der Waals surface area contributed by atoms with E-state index in [0.29, 0.717) is 17.8 Å². The average molecular weight is 337 g/mol. The van der Waals surface area contributed by atoms with Gasteiger partial charge >= 0.3 is 0 Å². The molecule has 0 bridgehead atoms. The Morgan fingerprint density at radius 2 is 1.76 bits per heavy atom. The predicted octanol–water partition coefficient (Wildman–Crippen LogP) is 3.28. The van der Waals surface area contributed by atoms with Crippen LogP contribution in [0.5, 0.6) is 0 Å². The average Bonchev–Trinajstić information content (AvgIpc) is 3.08. The van der Waals surface area contributed by atoms with Crippen LogP contribution in [0.4, 0.5) is 11.4 Å². The Kier molecular flexibility index (Phi) is 5.46. The third-order valence-corrected chi connectivity index (χ3v) is 4.29. The Balaban J connectivity index is 1.69. The quantitative estimate of drug-likeness (QED) is 0.880. The Bertz CT molecular complexity index is 767. The Hall–Kier alpha value is -2.66. The fourth-order valence-corrected chi connectivity index (χ4v) is 3.04. The molecule has 0 aliphatic carbocycles. The van der Waals surface area contributed by atoms with E-state index >= 15 is 0 Å². The highest BCUT2D eigenvalue weighted by molar-refractivity contribution is 6.10. The summed E-state index contributed by atoms with van der Waals surface area (Å²) in [5.74, 6) is -0.319. The lowest BCUT2D eigenvalue weighted by Gasteiger charge is -2.16. The number of aryl methyl sites for hydroxylation is 1. The van der Waals surface area contributed by atoms with Crippen LogP contribution in [0.25, 0.3) is 0 Å². The summed E-state index contributed by atoms with van der Waals surface area (Å²) in [7, 11) is 0. The fraction of sp³-hybridized carbons (Fsp3) is 0.300. The number of carbonyl (C=O) groups is 2. The molecule has 1 fully saturated rings. The second kappa shape index (κ2) is 7.94. The minimum Gasteiger partial charge on any atom is -0.324 e. The summed E-state index contributed by atoms with van der Waals surface area (Å²) in [5.41, 5.74) is 2.81. The standard InChI is InChI=1S/C20H23N3O2/c1-15-7-6-8-16(13-15)21-20(25)17-9-2-3-10-18(17)22-19(24)14-23-11-4-5-12-23/h2-3,6-10,13H,4-5,11-12,14H2,1H3,(H,21,25)(H,22,24). The fourth-order valence-electron chi connectivity index (χ4n) is 3.04. The maximum absolute atomic E-state index is 12.6. The highest BCUT2D eigenvalue weighted by Gasteiger charge is 2.17. The van der Waals surface area contributed by atoms with E-state index in [1.165, 1.54) is 0 Å². The number of para-hydroxylation sites is 1. The van der Waals surface area contributed by atoms with E-state index in [-0.39, 0.29) is 11.8 Å². The van der Waals surface area contributed by atoms with E-state index < -0.39 is 0 Å². The summed E-state index contributed by atoms with van der Waals surface area (Å²) in [6.07, 6.45) is 2.28. The second-order valence-electron chi connectivity index (χ2n) is 6.40. The molecule has 0 aromatic heterocycles. The maximum Gasteiger partial charge on any atom is 0.257 e. The van der Waals surface area contributed by atoms with Crippen molar-refractivity contribution in [2.24, 2.45) is 0 Å². The third kappa shape index (κ3) is 4.67. The third-order valence-electron chi connectivity index (χ3n) is 4.29. The van der Waals surface area contributed by atoms with Crippen LogP contribution >= 0.6 is 0 Å². The molecule has 0 unspecified atom stereocenters. The topological polar surface area (TPSA) is 61.4 Å². The van der Waals surface area contributed by atoms with Crippen LogP contribution in [0.2, 0.25) is 0 Å². The molecule has 2 N–H and O–H groups in total. The van der Waals surface area contributed by atoms with Crippen LogP contribution in [0.15, 0.2) is 48.5 Å². The van der Waals surface area contributed by atoms with Crippen molar-refractivity contribution < 1.29 is 9.59 Å². The molecule has 1 aliphatic heterocycles. The van der Waals surface area contributed by atoms with Crippen LogP contribution in [-0.2, 0) is 4.79 Å². The van der Waals surface area contributed by atoms with Crippen molar-refractivity contribution in [1.29, 1.82) is 0 Å². The van der Waals surface area contributed by atoms with E-state index in [0.717, 1.165) is 37.2 Å². The first-order chi connectivity index (χ1) is 12.1. The van der Waals surface area contributed by atoms with Crippen molar-refractivity contribution in [3.63, 3.8) is 0 Å². The van der Waals surface area contributed by atoms with Crippen LogP contribution in [0, 0.1) is 6.92 Å². The molecular weight excluding hydrogens is 314 g/mol. The zero-order valence-corrected chi connectivity index (χ0v) is 14.4. The van der Waals surface area contributed by atoms with Gasteiger partial charge < -0.3 is 10.6 Å². The molecule has 1 saturated heterocycles. The first kappa shape index (κ1) is 17.2. The van der Waals surface area contributed by atoms with Crippen molar-refractivity contribution >= 4 is 23.2 Å². The lowest BCUT2D eigenvalue weighted by atomic mass is 10.1. The van der Waals surface area contributed by atoms with Crippen LogP contribution < -0.4 is 10.6 Å². The van der Waals surface area contributed by atoms with Crippen LogP contribution in [0.1, 0.15) is 28.8 Å². The smallest absolute Gasteiger partial charge is 0.257 e. The number of carbonyl (C=O) groups excluding carboxylic acids is 2. The highest BCUT2D eigenvalue weighted by Crippen LogP contribution is 2.18. The number of amides is 2. The van der Waals surface area contributed by atoms with Crippen molar-refractivity contribution in [2.45, 2.75) is 19.8 Å². The number of benzene rings is 2. The zero-order chi connectivity index (χ0) is 17.6. The summed E-state index contributed by atoms with van der Waals surface area (Å²) < 4.78 is 0. The minimum absolute atomic E-state index is 0.0855. The summed E-state index contributed by atoms with van der Waals surface area (Å²) in [5, 5.41) is 5.76. The molecule has 0 atom stereocenters. The van der Waals surface area contributed by atoms with Gasteiger partial charge in [0.2, 0.25) is 5.91 Å². The molecule has 2 aromatic carbocycles.